The van der Waals surface area contributed by atoms with Crippen molar-refractivity contribution in [2.24, 2.45) is 0 Å². The Morgan fingerprint density at radius 1 is 0.957 bits per heavy atom. The van der Waals surface area contributed by atoms with Gasteiger partial charge in [0.1, 0.15) is 6.54 Å². The molecular weight excluding hydrogens is 336 g/mol. The van der Waals surface area contributed by atoms with E-state index in [0.29, 0.717) is 16.5 Å². The summed E-state index contributed by atoms with van der Waals surface area (Å²) in [6.07, 6.45) is 0. The second-order valence-electron chi connectivity index (χ2n) is 4.90. The van der Waals surface area contributed by atoms with E-state index in [-0.39, 0.29) is 17.3 Å². The molecule has 0 aliphatic carbocycles. The molecule has 0 radical (unpaired) electrons. The van der Waals surface area contributed by atoms with Gasteiger partial charge in [-0.25, -0.2) is 0 Å². The second kappa shape index (κ2) is 5.73. The van der Waals surface area contributed by atoms with E-state index in [1.54, 1.807) is 17.0 Å². The number of para-hydroxylation sites is 1. The third kappa shape index (κ3) is 2.96. The van der Waals surface area contributed by atoms with Crippen LogP contribution in [0.5, 0.6) is 0 Å². The van der Waals surface area contributed by atoms with Crippen LogP contribution in [0.15, 0.2) is 59.5 Å². The van der Waals surface area contributed by atoms with Gasteiger partial charge < -0.3 is 4.90 Å². The van der Waals surface area contributed by atoms with Crippen LogP contribution >= 0.6 is 12.2 Å². The van der Waals surface area contributed by atoms with Crippen molar-refractivity contribution in [1.82, 2.24) is 0 Å². The summed E-state index contributed by atoms with van der Waals surface area (Å²) in [5, 5.41) is 0.320. The monoisotopic (exact) mass is 348 g/mol. The summed E-state index contributed by atoms with van der Waals surface area (Å²) in [5.41, 5.74) is 1.26. The van der Waals surface area contributed by atoms with Crippen LogP contribution in [0.1, 0.15) is 0 Å². The lowest BCUT2D eigenvalue weighted by molar-refractivity contribution is -0.115. The average Bonchev–Trinajstić information content (AvgIpc) is 2.82. The maximum atomic E-state index is 12.3. The van der Waals surface area contributed by atoms with Crippen molar-refractivity contribution < 1.29 is 17.8 Å². The highest BCUT2D eigenvalue weighted by molar-refractivity contribution is 7.85. The topological polar surface area (TPSA) is 77.9 Å². The molecule has 1 aliphatic heterocycles. The van der Waals surface area contributed by atoms with Gasteiger partial charge in [0.25, 0.3) is 16.0 Å². The molecule has 1 fully saturated rings. The van der Waals surface area contributed by atoms with Crippen LogP contribution in [-0.4, -0.2) is 30.5 Å². The first-order valence-corrected chi connectivity index (χ1v) is 8.50. The Bertz CT molecular complexity index is 864. The highest BCUT2D eigenvalue weighted by Gasteiger charge is 2.34. The van der Waals surface area contributed by atoms with E-state index in [2.05, 4.69) is 0 Å². The second-order valence-corrected chi connectivity index (χ2v) is 6.69. The van der Waals surface area contributed by atoms with E-state index in [4.69, 9.17) is 16.8 Å². The summed E-state index contributed by atoms with van der Waals surface area (Å²) >= 11 is 5.37. The predicted octanol–water partition coefficient (Wildman–Crippen LogP) is 2.07. The highest BCUT2D eigenvalue weighted by atomic mass is 32.2. The summed E-state index contributed by atoms with van der Waals surface area (Å²) in [6.45, 7) is 0.0684. The number of carbonyl (C=O) groups excluding carboxylic acids is 1. The lowest BCUT2D eigenvalue weighted by atomic mass is 10.3. The van der Waals surface area contributed by atoms with Crippen LogP contribution in [0.2, 0.25) is 0 Å². The summed E-state index contributed by atoms with van der Waals surface area (Å²) in [5.74, 6) is -0.167. The largest absolute Gasteiger partial charge is 0.309 e. The van der Waals surface area contributed by atoms with Crippen molar-refractivity contribution in [1.29, 1.82) is 0 Å². The van der Waals surface area contributed by atoms with Crippen molar-refractivity contribution in [2.75, 3.05) is 16.3 Å². The van der Waals surface area contributed by atoms with Gasteiger partial charge in [-0.15, -0.1) is 0 Å². The standard InChI is InChI=1S/C15H12N2O4S2/c18-14-10-16(11-6-8-13(9-7-11)23(19,20)21)15(22)17(14)12-4-2-1-3-5-12/h1-9H,10H2,(H,19,20,21). The van der Waals surface area contributed by atoms with E-state index in [1.165, 1.54) is 29.2 Å². The number of nitrogens with zero attached hydrogens (tertiary/aromatic N) is 2. The molecule has 0 aromatic heterocycles. The summed E-state index contributed by atoms with van der Waals surface area (Å²) in [7, 11) is -4.25. The summed E-state index contributed by atoms with van der Waals surface area (Å²) < 4.78 is 31.1. The molecule has 0 bridgehead atoms. The smallest absolute Gasteiger partial charge is 0.294 e. The molecule has 2 aromatic carbocycles. The number of amides is 1. The molecule has 1 saturated heterocycles. The summed E-state index contributed by atoms with van der Waals surface area (Å²) in [6, 6.07) is 14.6. The molecular formula is C15H12N2O4S2. The van der Waals surface area contributed by atoms with Gasteiger partial charge in [0, 0.05) is 5.69 Å². The lowest BCUT2D eigenvalue weighted by Crippen LogP contribution is -2.32. The minimum absolute atomic E-state index is 0.0684. The van der Waals surface area contributed by atoms with Crippen molar-refractivity contribution in [3.8, 4) is 0 Å². The Labute approximate surface area is 138 Å². The number of carbonyl (C=O) groups is 1. The van der Waals surface area contributed by atoms with Crippen LogP contribution in [0.3, 0.4) is 0 Å². The number of anilines is 2. The molecule has 23 heavy (non-hydrogen) atoms. The maximum Gasteiger partial charge on any atom is 0.294 e. The molecule has 0 unspecified atom stereocenters. The van der Waals surface area contributed by atoms with E-state index in [0.717, 1.165) is 0 Å². The van der Waals surface area contributed by atoms with Gasteiger partial charge in [-0.3, -0.25) is 14.2 Å². The van der Waals surface area contributed by atoms with Gasteiger partial charge in [-0.2, -0.15) is 8.42 Å². The first kappa shape index (κ1) is 15.6. The molecule has 0 saturated carbocycles. The van der Waals surface area contributed by atoms with Crippen LogP contribution < -0.4 is 9.80 Å². The van der Waals surface area contributed by atoms with Crippen molar-refractivity contribution in [3.63, 3.8) is 0 Å². The number of hydrogen-bond donors (Lipinski definition) is 1. The molecule has 1 aliphatic rings. The van der Waals surface area contributed by atoms with Gasteiger partial charge in [0.05, 0.1) is 10.6 Å². The molecule has 118 valence electrons. The predicted molar refractivity (Wildman–Crippen MR) is 90.1 cm³/mol. The Kier molecular flexibility index (Phi) is 3.88. The Hall–Kier alpha value is -2.29. The number of benzene rings is 2. The van der Waals surface area contributed by atoms with Crippen molar-refractivity contribution in [2.45, 2.75) is 4.90 Å². The zero-order chi connectivity index (χ0) is 16.6. The number of hydrogen-bond acceptors (Lipinski definition) is 4. The van der Waals surface area contributed by atoms with Crippen LogP contribution in [0.25, 0.3) is 0 Å². The molecule has 0 atom stereocenters. The van der Waals surface area contributed by atoms with Gasteiger partial charge in [-0.1, -0.05) is 18.2 Å². The van der Waals surface area contributed by atoms with Gasteiger partial charge in [-0.05, 0) is 48.6 Å². The molecule has 0 spiro atoms. The molecule has 1 N–H and O–H groups in total. The lowest BCUT2D eigenvalue weighted by Gasteiger charge is -2.20. The Balaban J connectivity index is 1.91. The number of rotatable bonds is 3. The normalized spacial score (nSPS) is 15.3. The van der Waals surface area contributed by atoms with Crippen LogP contribution in [-0.2, 0) is 14.9 Å². The van der Waals surface area contributed by atoms with Gasteiger partial charge in [0.2, 0.25) is 0 Å². The highest BCUT2D eigenvalue weighted by Crippen LogP contribution is 2.26. The quantitative estimate of drug-likeness (QED) is 0.676. The van der Waals surface area contributed by atoms with Gasteiger partial charge >= 0.3 is 0 Å². The van der Waals surface area contributed by atoms with E-state index in [1.807, 2.05) is 18.2 Å². The van der Waals surface area contributed by atoms with Crippen LogP contribution in [0.4, 0.5) is 11.4 Å². The van der Waals surface area contributed by atoms with E-state index >= 15 is 0 Å². The fraction of sp³-hybridized carbons (Fsp3) is 0.0667. The average molecular weight is 348 g/mol. The fourth-order valence-corrected chi connectivity index (χ4v) is 3.19. The van der Waals surface area contributed by atoms with E-state index in [9.17, 15) is 13.2 Å². The molecule has 8 heteroatoms. The van der Waals surface area contributed by atoms with E-state index < -0.39 is 10.1 Å². The third-order valence-corrected chi connectivity index (χ3v) is 4.70. The molecule has 3 rings (SSSR count). The molecule has 6 nitrogen and oxygen atoms in total. The summed E-state index contributed by atoms with van der Waals surface area (Å²) in [4.78, 5) is 15.1. The molecule has 2 aromatic rings. The fourth-order valence-electron chi connectivity index (χ4n) is 2.33. The Morgan fingerprint density at radius 3 is 2.13 bits per heavy atom. The molecule has 1 heterocycles. The number of thiocarbonyl (C=S) groups is 1. The Morgan fingerprint density at radius 2 is 1.57 bits per heavy atom. The third-order valence-electron chi connectivity index (χ3n) is 3.43. The zero-order valence-electron chi connectivity index (χ0n) is 11.8. The SMILES string of the molecule is O=C1CN(c2ccc(S(=O)(=O)O)cc2)C(=S)N1c1ccccc1. The van der Waals surface area contributed by atoms with Crippen molar-refractivity contribution in [3.05, 3.63) is 54.6 Å². The first-order valence-electron chi connectivity index (χ1n) is 6.65. The van der Waals surface area contributed by atoms with Crippen molar-refractivity contribution >= 4 is 44.7 Å². The van der Waals surface area contributed by atoms with Gasteiger partial charge in [0.15, 0.2) is 5.11 Å². The maximum absolute atomic E-state index is 12.3. The first-order chi connectivity index (χ1) is 10.9. The minimum Gasteiger partial charge on any atom is -0.309 e. The minimum atomic E-state index is -4.25. The molecule has 1 amide bonds. The zero-order valence-corrected chi connectivity index (χ0v) is 13.4. The van der Waals surface area contributed by atoms with Crippen LogP contribution in [0, 0.1) is 0 Å².